The molecule has 7 rings (SSSR count). The first-order valence-electron chi connectivity index (χ1n) is 15.4. The molecule has 45 heavy (non-hydrogen) atoms. The van der Waals surface area contributed by atoms with Gasteiger partial charge in [0.05, 0.1) is 22.6 Å². The first-order valence-corrected chi connectivity index (χ1v) is 15.4. The second kappa shape index (κ2) is 11.6. The Bertz CT molecular complexity index is 1900. The smallest absolute Gasteiger partial charge is 0.399 e. The Morgan fingerprint density at radius 1 is 0.422 bits per heavy atom. The van der Waals surface area contributed by atoms with Crippen molar-refractivity contribution in [3.63, 3.8) is 0 Å². The lowest BCUT2D eigenvalue weighted by Gasteiger charge is -2.32. The first-order chi connectivity index (χ1) is 21.8. The maximum Gasteiger partial charge on any atom is 0.494 e. The van der Waals surface area contributed by atoms with E-state index in [-0.39, 0.29) is 18.3 Å². The third-order valence-electron chi connectivity index (χ3n) is 9.00. The second-order valence-corrected chi connectivity index (χ2v) is 12.6. The van der Waals surface area contributed by atoms with E-state index in [1.165, 1.54) is 11.1 Å². The van der Waals surface area contributed by atoms with Gasteiger partial charge in [-0.25, -0.2) is 9.97 Å². The van der Waals surface area contributed by atoms with Crippen LogP contribution in [0.3, 0.4) is 0 Å². The quantitative estimate of drug-likeness (QED) is 0.183. The van der Waals surface area contributed by atoms with Crippen LogP contribution in [0.25, 0.3) is 56.2 Å². The van der Waals surface area contributed by atoms with Crippen molar-refractivity contribution in [2.24, 2.45) is 0 Å². The summed E-state index contributed by atoms with van der Waals surface area (Å²) < 4.78 is 12.5. The van der Waals surface area contributed by atoms with Gasteiger partial charge in [0.1, 0.15) is 0 Å². The molecule has 5 heteroatoms. The summed E-state index contributed by atoms with van der Waals surface area (Å²) in [5, 5.41) is 0. The van der Waals surface area contributed by atoms with Gasteiger partial charge in [0.25, 0.3) is 0 Å². The zero-order chi connectivity index (χ0) is 31.0. The largest absolute Gasteiger partial charge is 0.494 e. The Kier molecular flexibility index (Phi) is 7.44. The predicted octanol–water partition coefficient (Wildman–Crippen LogP) is 9.11. The lowest BCUT2D eigenvalue weighted by molar-refractivity contribution is 0.00578. The first kappa shape index (κ1) is 28.9. The summed E-state index contributed by atoms with van der Waals surface area (Å²) >= 11 is 0. The molecule has 6 aromatic rings. The second-order valence-electron chi connectivity index (χ2n) is 12.6. The van der Waals surface area contributed by atoms with Gasteiger partial charge in [-0.05, 0) is 61.5 Å². The van der Waals surface area contributed by atoms with Gasteiger partial charge in [0, 0.05) is 16.7 Å². The van der Waals surface area contributed by atoms with Gasteiger partial charge < -0.3 is 9.31 Å². The molecule has 5 aromatic carbocycles. The van der Waals surface area contributed by atoms with Crippen molar-refractivity contribution in [2.45, 2.75) is 38.9 Å². The van der Waals surface area contributed by atoms with Gasteiger partial charge in [-0.15, -0.1) is 0 Å². The zero-order valence-electron chi connectivity index (χ0n) is 26.1. The Morgan fingerprint density at radius 2 is 0.778 bits per heavy atom. The van der Waals surface area contributed by atoms with Crippen LogP contribution in [0.1, 0.15) is 27.7 Å². The molecule has 0 bridgehead atoms. The number of nitrogens with zero attached hydrogens (tertiary/aromatic N) is 2. The molecule has 1 saturated heterocycles. The Balaban J connectivity index is 1.18. The standard InChI is InChI=1S/C40H35BN2O2/c1-39(2)40(3,4)45-41(44-39)35-25-23-31(24-26-35)30-17-21-33(22-18-30)37-27-36(42-38(43-37)34-13-9-6-10-14-34)32-19-15-29(16-20-32)28-11-7-5-8-12-28/h5-27H,1-4H3. The van der Waals surface area contributed by atoms with E-state index in [1.807, 2.05) is 24.3 Å². The Labute approximate surface area is 265 Å². The normalized spacial score (nSPS) is 15.2. The molecule has 1 aliphatic heterocycles. The van der Waals surface area contributed by atoms with Crippen molar-refractivity contribution >= 4 is 12.6 Å². The number of hydrogen-bond donors (Lipinski definition) is 0. The fourth-order valence-electron chi connectivity index (χ4n) is 5.57. The minimum Gasteiger partial charge on any atom is -0.399 e. The van der Waals surface area contributed by atoms with Crippen molar-refractivity contribution in [1.82, 2.24) is 9.97 Å². The van der Waals surface area contributed by atoms with Crippen molar-refractivity contribution < 1.29 is 9.31 Å². The molecule has 0 N–H and O–H groups in total. The summed E-state index contributed by atoms with van der Waals surface area (Å²) in [6.45, 7) is 8.31. The minimum atomic E-state index is -0.369. The van der Waals surface area contributed by atoms with E-state index in [9.17, 15) is 0 Å². The number of benzene rings is 5. The molecule has 0 unspecified atom stereocenters. The molecule has 0 radical (unpaired) electrons. The molecule has 0 atom stereocenters. The molecular weight excluding hydrogens is 551 g/mol. The summed E-state index contributed by atoms with van der Waals surface area (Å²) in [6, 6.07) is 48.3. The van der Waals surface area contributed by atoms with E-state index < -0.39 is 0 Å². The zero-order valence-corrected chi connectivity index (χ0v) is 26.1. The van der Waals surface area contributed by atoms with Crippen LogP contribution in [0.5, 0.6) is 0 Å². The molecular formula is C40H35BN2O2. The average molecular weight is 587 g/mol. The fourth-order valence-corrected chi connectivity index (χ4v) is 5.57. The van der Waals surface area contributed by atoms with Gasteiger partial charge >= 0.3 is 7.12 Å². The van der Waals surface area contributed by atoms with Crippen LogP contribution in [0.2, 0.25) is 0 Å². The molecule has 1 aliphatic rings. The highest BCUT2D eigenvalue weighted by atomic mass is 16.7. The Hall–Kier alpha value is -4.84. The number of hydrogen-bond acceptors (Lipinski definition) is 4. The van der Waals surface area contributed by atoms with E-state index in [1.54, 1.807) is 0 Å². The molecule has 0 spiro atoms. The highest BCUT2D eigenvalue weighted by Crippen LogP contribution is 2.37. The van der Waals surface area contributed by atoms with Crippen LogP contribution in [0, 0.1) is 0 Å². The van der Waals surface area contributed by atoms with Crippen LogP contribution in [0.15, 0.2) is 140 Å². The average Bonchev–Trinajstić information content (AvgIpc) is 3.31. The summed E-state index contributed by atoms with van der Waals surface area (Å²) in [6.07, 6.45) is 0. The molecule has 0 amide bonds. The fraction of sp³-hybridized carbons (Fsp3) is 0.150. The van der Waals surface area contributed by atoms with Crippen LogP contribution in [0.4, 0.5) is 0 Å². The number of rotatable bonds is 6. The lowest BCUT2D eigenvalue weighted by atomic mass is 9.78. The monoisotopic (exact) mass is 586 g/mol. The van der Waals surface area contributed by atoms with Gasteiger partial charge in [0.2, 0.25) is 0 Å². The van der Waals surface area contributed by atoms with Crippen LogP contribution < -0.4 is 5.46 Å². The van der Waals surface area contributed by atoms with E-state index in [2.05, 4.69) is 143 Å². The lowest BCUT2D eigenvalue weighted by Crippen LogP contribution is -2.41. The highest BCUT2D eigenvalue weighted by molar-refractivity contribution is 6.62. The predicted molar refractivity (Wildman–Crippen MR) is 185 cm³/mol. The SMILES string of the molecule is CC1(C)OB(c2ccc(-c3ccc(-c4cc(-c5ccc(-c6ccccc6)cc5)nc(-c5ccccc5)n4)cc3)cc2)OC1(C)C. The van der Waals surface area contributed by atoms with Crippen LogP contribution in [-0.2, 0) is 9.31 Å². The van der Waals surface area contributed by atoms with Crippen molar-refractivity contribution in [1.29, 1.82) is 0 Å². The van der Waals surface area contributed by atoms with E-state index in [0.717, 1.165) is 44.7 Å². The summed E-state index contributed by atoms with van der Waals surface area (Å²) in [7, 11) is -0.369. The molecule has 220 valence electrons. The minimum absolute atomic E-state index is 0.362. The third-order valence-corrected chi connectivity index (χ3v) is 9.00. The van der Waals surface area contributed by atoms with E-state index in [4.69, 9.17) is 19.3 Å². The van der Waals surface area contributed by atoms with Gasteiger partial charge in [-0.3, -0.25) is 0 Å². The van der Waals surface area contributed by atoms with Crippen molar-refractivity contribution in [3.8, 4) is 56.2 Å². The van der Waals surface area contributed by atoms with Gasteiger partial charge in [-0.1, -0.05) is 133 Å². The molecule has 4 nitrogen and oxygen atoms in total. The summed E-state index contributed by atoms with van der Waals surface area (Å²) in [5.74, 6) is 0.706. The molecule has 2 heterocycles. The van der Waals surface area contributed by atoms with Crippen molar-refractivity contribution in [3.05, 3.63) is 140 Å². The van der Waals surface area contributed by atoms with E-state index in [0.29, 0.717) is 5.82 Å². The van der Waals surface area contributed by atoms with Gasteiger partial charge in [-0.2, -0.15) is 0 Å². The number of aromatic nitrogens is 2. The maximum absolute atomic E-state index is 6.24. The van der Waals surface area contributed by atoms with Crippen LogP contribution >= 0.6 is 0 Å². The van der Waals surface area contributed by atoms with Gasteiger partial charge in [0.15, 0.2) is 5.82 Å². The summed E-state index contributed by atoms with van der Waals surface area (Å²) in [4.78, 5) is 10.0. The Morgan fingerprint density at radius 3 is 1.22 bits per heavy atom. The topological polar surface area (TPSA) is 44.2 Å². The molecule has 0 saturated carbocycles. The third kappa shape index (κ3) is 5.85. The summed E-state index contributed by atoms with van der Waals surface area (Å²) in [5.41, 5.74) is 9.78. The van der Waals surface area contributed by atoms with Crippen molar-refractivity contribution in [2.75, 3.05) is 0 Å². The highest BCUT2D eigenvalue weighted by Gasteiger charge is 2.51. The maximum atomic E-state index is 6.24. The molecule has 1 aromatic heterocycles. The molecule has 0 aliphatic carbocycles. The van der Waals surface area contributed by atoms with Crippen LogP contribution in [-0.4, -0.2) is 28.3 Å². The van der Waals surface area contributed by atoms with E-state index >= 15 is 0 Å². The molecule has 1 fully saturated rings.